The molecule has 1 nitrogen and oxygen atoms in total. The molecule has 0 spiro atoms. The molecule has 0 saturated heterocycles. The molecule has 20 heavy (non-hydrogen) atoms. The first-order chi connectivity index (χ1) is 9.58. The van der Waals surface area contributed by atoms with Crippen molar-refractivity contribution in [1.29, 1.82) is 0 Å². The van der Waals surface area contributed by atoms with Crippen LogP contribution in [0.4, 0.5) is 4.39 Å². The van der Waals surface area contributed by atoms with Crippen LogP contribution in [0.2, 0.25) is 10.0 Å². The zero-order valence-corrected chi connectivity index (χ0v) is 12.1. The van der Waals surface area contributed by atoms with Crippen molar-refractivity contribution in [2.75, 3.05) is 0 Å². The summed E-state index contributed by atoms with van der Waals surface area (Å²) in [6.07, 6.45) is 1.67. The minimum Gasteiger partial charge on any atom is -0.256 e. The maximum Gasteiger partial charge on any atom is 0.124 e. The van der Waals surface area contributed by atoms with Gasteiger partial charge in [0.05, 0.1) is 15.6 Å². The summed E-state index contributed by atoms with van der Waals surface area (Å²) in [7, 11) is 0. The van der Waals surface area contributed by atoms with E-state index in [-0.39, 0.29) is 5.82 Å². The van der Waals surface area contributed by atoms with Crippen LogP contribution in [0, 0.1) is 12.7 Å². The SMILES string of the molecule is Cc1ccc(-c2ccc(F)cc2Cl)c2c(Cl)ccnc12. The Morgan fingerprint density at radius 1 is 0.950 bits per heavy atom. The van der Waals surface area contributed by atoms with Crippen LogP contribution in [-0.2, 0) is 0 Å². The van der Waals surface area contributed by atoms with E-state index in [0.29, 0.717) is 10.0 Å². The van der Waals surface area contributed by atoms with Gasteiger partial charge < -0.3 is 0 Å². The van der Waals surface area contributed by atoms with Crippen molar-refractivity contribution in [3.05, 3.63) is 64.0 Å². The van der Waals surface area contributed by atoms with E-state index in [1.807, 2.05) is 19.1 Å². The molecule has 0 saturated carbocycles. The van der Waals surface area contributed by atoms with Crippen molar-refractivity contribution < 1.29 is 4.39 Å². The highest BCUT2D eigenvalue weighted by Gasteiger charge is 2.13. The second kappa shape index (κ2) is 5.04. The first-order valence-electron chi connectivity index (χ1n) is 6.07. The minimum absolute atomic E-state index is 0.357. The predicted molar refractivity (Wildman–Crippen MR) is 81.9 cm³/mol. The molecule has 0 radical (unpaired) electrons. The lowest BCUT2D eigenvalue weighted by Gasteiger charge is -2.11. The molecule has 4 heteroatoms. The molecule has 3 aromatic rings. The molecule has 0 aliphatic rings. The van der Waals surface area contributed by atoms with Gasteiger partial charge in [-0.1, -0.05) is 35.3 Å². The number of halogens is 3. The third-order valence-electron chi connectivity index (χ3n) is 3.26. The Balaban J connectivity index is 2.40. The number of benzene rings is 2. The molecule has 0 unspecified atom stereocenters. The van der Waals surface area contributed by atoms with Crippen LogP contribution in [0.1, 0.15) is 5.56 Å². The van der Waals surface area contributed by atoms with E-state index in [2.05, 4.69) is 4.98 Å². The van der Waals surface area contributed by atoms with Crippen molar-refractivity contribution in [2.24, 2.45) is 0 Å². The monoisotopic (exact) mass is 305 g/mol. The van der Waals surface area contributed by atoms with Crippen LogP contribution in [0.5, 0.6) is 0 Å². The molecule has 0 N–H and O–H groups in total. The van der Waals surface area contributed by atoms with E-state index < -0.39 is 0 Å². The number of hydrogen-bond donors (Lipinski definition) is 0. The van der Waals surface area contributed by atoms with Crippen molar-refractivity contribution in [3.8, 4) is 11.1 Å². The molecule has 3 rings (SSSR count). The molecule has 0 amide bonds. The van der Waals surface area contributed by atoms with Crippen LogP contribution in [0.3, 0.4) is 0 Å². The predicted octanol–water partition coefficient (Wildman–Crippen LogP) is 5.66. The molecule has 0 atom stereocenters. The van der Waals surface area contributed by atoms with Crippen LogP contribution in [0.15, 0.2) is 42.6 Å². The second-order valence-corrected chi connectivity index (χ2v) is 5.38. The normalized spacial score (nSPS) is 11.0. The Labute approximate surface area is 126 Å². The van der Waals surface area contributed by atoms with Crippen LogP contribution >= 0.6 is 23.2 Å². The topological polar surface area (TPSA) is 12.9 Å². The zero-order valence-electron chi connectivity index (χ0n) is 10.6. The molecule has 2 aromatic carbocycles. The van der Waals surface area contributed by atoms with Gasteiger partial charge >= 0.3 is 0 Å². The zero-order chi connectivity index (χ0) is 14.3. The van der Waals surface area contributed by atoms with Crippen molar-refractivity contribution in [2.45, 2.75) is 6.92 Å². The second-order valence-electron chi connectivity index (χ2n) is 4.57. The molecule has 0 aliphatic heterocycles. The lowest BCUT2D eigenvalue weighted by atomic mass is 9.98. The van der Waals surface area contributed by atoms with Crippen LogP contribution in [0.25, 0.3) is 22.0 Å². The highest BCUT2D eigenvalue weighted by atomic mass is 35.5. The maximum absolute atomic E-state index is 13.2. The van der Waals surface area contributed by atoms with Gasteiger partial charge in [0, 0.05) is 17.1 Å². The van der Waals surface area contributed by atoms with Crippen molar-refractivity contribution in [1.82, 2.24) is 4.98 Å². The summed E-state index contributed by atoms with van der Waals surface area (Å²) in [5.41, 5.74) is 3.46. The molecule has 0 bridgehead atoms. The van der Waals surface area contributed by atoms with Crippen LogP contribution < -0.4 is 0 Å². The summed E-state index contributed by atoms with van der Waals surface area (Å²) < 4.78 is 13.2. The summed E-state index contributed by atoms with van der Waals surface area (Å²) in [5.74, 6) is -0.362. The average Bonchev–Trinajstić information content (AvgIpc) is 2.41. The molecular weight excluding hydrogens is 296 g/mol. The van der Waals surface area contributed by atoms with Gasteiger partial charge in [0.2, 0.25) is 0 Å². The standard InChI is InChI=1S/C16H10Cl2FN/c1-9-2-4-12(11-5-3-10(19)8-14(11)18)15-13(17)6-7-20-16(9)15/h2-8H,1H3. The molecule has 0 fully saturated rings. The maximum atomic E-state index is 13.2. The van der Waals surface area contributed by atoms with Gasteiger partial charge in [-0.15, -0.1) is 0 Å². The highest BCUT2D eigenvalue weighted by Crippen LogP contribution is 2.37. The number of rotatable bonds is 1. The quantitative estimate of drug-likeness (QED) is 0.565. The lowest BCUT2D eigenvalue weighted by molar-refractivity contribution is 0.628. The Morgan fingerprint density at radius 2 is 1.70 bits per heavy atom. The summed E-state index contributed by atoms with van der Waals surface area (Å²) in [4.78, 5) is 4.37. The third kappa shape index (κ3) is 2.15. The Hall–Kier alpha value is -1.64. The van der Waals surface area contributed by atoms with Gasteiger partial charge in [-0.25, -0.2) is 4.39 Å². The average molecular weight is 306 g/mol. The first-order valence-corrected chi connectivity index (χ1v) is 6.83. The Kier molecular flexibility index (Phi) is 3.36. The Morgan fingerprint density at radius 3 is 2.45 bits per heavy atom. The van der Waals surface area contributed by atoms with Crippen LogP contribution in [-0.4, -0.2) is 4.98 Å². The van der Waals surface area contributed by atoms with E-state index in [1.165, 1.54) is 12.1 Å². The van der Waals surface area contributed by atoms with Crippen molar-refractivity contribution >= 4 is 34.1 Å². The number of aromatic nitrogens is 1. The largest absolute Gasteiger partial charge is 0.256 e. The van der Waals surface area contributed by atoms with Gasteiger partial charge in [0.1, 0.15) is 5.82 Å². The van der Waals surface area contributed by atoms with Crippen molar-refractivity contribution in [3.63, 3.8) is 0 Å². The van der Waals surface area contributed by atoms with E-state index in [0.717, 1.165) is 27.6 Å². The number of pyridine rings is 1. The Bertz CT molecular complexity index is 815. The number of nitrogens with zero attached hydrogens (tertiary/aromatic N) is 1. The van der Waals surface area contributed by atoms with Gasteiger partial charge in [-0.05, 0) is 42.3 Å². The molecule has 0 aliphatic carbocycles. The summed E-state index contributed by atoms with van der Waals surface area (Å²) in [5, 5.41) is 1.80. The van der Waals surface area contributed by atoms with Gasteiger partial charge in [-0.3, -0.25) is 4.98 Å². The highest BCUT2D eigenvalue weighted by molar-refractivity contribution is 6.37. The molecule has 1 heterocycles. The molecule has 1 aromatic heterocycles. The number of fused-ring (bicyclic) bond motifs is 1. The van der Waals surface area contributed by atoms with E-state index in [4.69, 9.17) is 23.2 Å². The fourth-order valence-corrected chi connectivity index (χ4v) is 2.81. The van der Waals surface area contributed by atoms with E-state index in [9.17, 15) is 4.39 Å². The van der Waals surface area contributed by atoms with E-state index in [1.54, 1.807) is 18.3 Å². The van der Waals surface area contributed by atoms with Gasteiger partial charge in [-0.2, -0.15) is 0 Å². The number of hydrogen-bond acceptors (Lipinski definition) is 1. The first kappa shape index (κ1) is 13.3. The van der Waals surface area contributed by atoms with Gasteiger partial charge in [0.25, 0.3) is 0 Å². The summed E-state index contributed by atoms with van der Waals surface area (Å²) in [6.45, 7) is 1.97. The van der Waals surface area contributed by atoms with Gasteiger partial charge in [0.15, 0.2) is 0 Å². The number of aryl methyl sites for hydroxylation is 1. The summed E-state index contributed by atoms with van der Waals surface area (Å²) in [6, 6.07) is 9.98. The molecule has 100 valence electrons. The summed E-state index contributed by atoms with van der Waals surface area (Å²) >= 11 is 12.5. The minimum atomic E-state index is -0.362. The smallest absolute Gasteiger partial charge is 0.124 e. The third-order valence-corrected chi connectivity index (χ3v) is 3.89. The molecular formula is C16H10Cl2FN. The lowest BCUT2D eigenvalue weighted by Crippen LogP contribution is -1.89. The fourth-order valence-electron chi connectivity index (χ4n) is 2.30. The van der Waals surface area contributed by atoms with E-state index >= 15 is 0 Å². The fraction of sp³-hybridized carbons (Fsp3) is 0.0625.